The molecule has 2 N–H and O–H groups in total. The SMILES string of the molecule is CC(C)C(O)CNS(=O)(=O)c1cccc(F)c1. The molecule has 17 heavy (non-hydrogen) atoms. The number of aliphatic hydroxyl groups excluding tert-OH is 1. The smallest absolute Gasteiger partial charge is 0.240 e. The number of benzene rings is 1. The van der Waals surface area contributed by atoms with Gasteiger partial charge in [-0.15, -0.1) is 0 Å². The molecule has 0 aromatic heterocycles. The van der Waals surface area contributed by atoms with Gasteiger partial charge in [0.25, 0.3) is 0 Å². The van der Waals surface area contributed by atoms with E-state index in [-0.39, 0.29) is 17.4 Å². The summed E-state index contributed by atoms with van der Waals surface area (Å²) in [5, 5.41) is 9.49. The molecule has 0 spiro atoms. The van der Waals surface area contributed by atoms with Gasteiger partial charge in [0.05, 0.1) is 11.0 Å². The monoisotopic (exact) mass is 261 g/mol. The molecule has 1 atom stereocenters. The first-order valence-electron chi connectivity index (χ1n) is 5.26. The second-order valence-electron chi connectivity index (χ2n) is 4.12. The molecule has 0 saturated heterocycles. The van der Waals surface area contributed by atoms with Crippen LogP contribution < -0.4 is 4.72 Å². The van der Waals surface area contributed by atoms with E-state index in [2.05, 4.69) is 4.72 Å². The van der Waals surface area contributed by atoms with Crippen LogP contribution in [0.15, 0.2) is 29.2 Å². The average molecular weight is 261 g/mol. The van der Waals surface area contributed by atoms with Crippen LogP contribution >= 0.6 is 0 Å². The van der Waals surface area contributed by atoms with Crippen LogP contribution in [0.1, 0.15) is 13.8 Å². The molecule has 0 aliphatic rings. The predicted molar refractivity (Wildman–Crippen MR) is 62.4 cm³/mol. The highest BCUT2D eigenvalue weighted by Crippen LogP contribution is 2.10. The van der Waals surface area contributed by atoms with Gasteiger partial charge in [0.1, 0.15) is 5.82 Å². The summed E-state index contributed by atoms with van der Waals surface area (Å²) >= 11 is 0. The summed E-state index contributed by atoms with van der Waals surface area (Å²) in [5.74, 6) is -0.664. The Balaban J connectivity index is 2.76. The second-order valence-corrected chi connectivity index (χ2v) is 5.89. The largest absolute Gasteiger partial charge is 0.391 e. The molecule has 0 heterocycles. The zero-order chi connectivity index (χ0) is 13.1. The Morgan fingerprint density at radius 2 is 2.06 bits per heavy atom. The molecule has 1 aromatic rings. The third-order valence-electron chi connectivity index (χ3n) is 2.36. The summed E-state index contributed by atoms with van der Waals surface area (Å²) < 4.78 is 38.6. The minimum atomic E-state index is -3.76. The number of rotatable bonds is 5. The molecule has 0 amide bonds. The van der Waals surface area contributed by atoms with Gasteiger partial charge in [-0.1, -0.05) is 19.9 Å². The van der Waals surface area contributed by atoms with Gasteiger partial charge in [0, 0.05) is 6.54 Å². The van der Waals surface area contributed by atoms with Gasteiger partial charge in [0.2, 0.25) is 10.0 Å². The molecular weight excluding hydrogens is 245 g/mol. The molecule has 96 valence electrons. The lowest BCUT2D eigenvalue weighted by atomic mass is 10.1. The van der Waals surface area contributed by atoms with Crippen molar-refractivity contribution in [1.29, 1.82) is 0 Å². The van der Waals surface area contributed by atoms with Crippen LogP contribution in [0.2, 0.25) is 0 Å². The molecule has 0 bridgehead atoms. The van der Waals surface area contributed by atoms with Crippen LogP contribution in [0.3, 0.4) is 0 Å². The normalized spacial score (nSPS) is 13.9. The van der Waals surface area contributed by atoms with E-state index in [1.54, 1.807) is 13.8 Å². The van der Waals surface area contributed by atoms with E-state index in [4.69, 9.17) is 0 Å². The zero-order valence-corrected chi connectivity index (χ0v) is 10.5. The summed E-state index contributed by atoms with van der Waals surface area (Å²) in [4.78, 5) is -0.145. The van der Waals surface area contributed by atoms with Crippen LogP contribution in [0, 0.1) is 11.7 Å². The van der Waals surface area contributed by atoms with Gasteiger partial charge in [-0.3, -0.25) is 0 Å². The number of aliphatic hydroxyl groups is 1. The maximum atomic E-state index is 12.9. The minimum Gasteiger partial charge on any atom is -0.391 e. The van der Waals surface area contributed by atoms with Crippen molar-refractivity contribution in [3.05, 3.63) is 30.1 Å². The quantitative estimate of drug-likeness (QED) is 0.834. The molecule has 1 rings (SSSR count). The Kier molecular flexibility index (Phi) is 4.62. The van der Waals surface area contributed by atoms with Crippen molar-refractivity contribution in [2.45, 2.75) is 24.8 Å². The maximum Gasteiger partial charge on any atom is 0.240 e. The number of hydrogen-bond acceptors (Lipinski definition) is 3. The third-order valence-corrected chi connectivity index (χ3v) is 3.78. The Labute approximate surface area is 101 Å². The Bertz CT molecular complexity index is 473. The summed E-state index contributed by atoms with van der Waals surface area (Å²) in [5.41, 5.74) is 0. The minimum absolute atomic E-state index is 0.0507. The van der Waals surface area contributed by atoms with Gasteiger partial charge in [-0.25, -0.2) is 17.5 Å². The van der Waals surface area contributed by atoms with Crippen molar-refractivity contribution in [3.8, 4) is 0 Å². The van der Waals surface area contributed by atoms with E-state index in [1.165, 1.54) is 18.2 Å². The highest BCUT2D eigenvalue weighted by molar-refractivity contribution is 7.89. The van der Waals surface area contributed by atoms with Crippen molar-refractivity contribution in [1.82, 2.24) is 4.72 Å². The lowest BCUT2D eigenvalue weighted by Crippen LogP contribution is -2.34. The average Bonchev–Trinajstić information content (AvgIpc) is 2.26. The molecule has 1 unspecified atom stereocenters. The maximum absolute atomic E-state index is 12.9. The lowest BCUT2D eigenvalue weighted by Gasteiger charge is -2.15. The van der Waals surface area contributed by atoms with Gasteiger partial charge >= 0.3 is 0 Å². The van der Waals surface area contributed by atoms with Crippen molar-refractivity contribution in [2.24, 2.45) is 5.92 Å². The van der Waals surface area contributed by atoms with Crippen LogP contribution in [-0.2, 0) is 10.0 Å². The van der Waals surface area contributed by atoms with Crippen molar-refractivity contribution in [2.75, 3.05) is 6.54 Å². The highest BCUT2D eigenvalue weighted by Gasteiger charge is 2.17. The van der Waals surface area contributed by atoms with E-state index in [9.17, 15) is 17.9 Å². The third kappa shape index (κ3) is 4.07. The summed E-state index contributed by atoms with van der Waals surface area (Å²) in [6.07, 6.45) is -0.765. The van der Waals surface area contributed by atoms with Crippen LogP contribution in [0.5, 0.6) is 0 Å². The zero-order valence-electron chi connectivity index (χ0n) is 9.72. The van der Waals surface area contributed by atoms with E-state index in [0.717, 1.165) is 6.07 Å². The first-order chi connectivity index (χ1) is 7.83. The number of halogens is 1. The molecule has 4 nitrogen and oxygen atoms in total. The van der Waals surface area contributed by atoms with E-state index >= 15 is 0 Å². The fraction of sp³-hybridized carbons (Fsp3) is 0.455. The molecule has 0 fully saturated rings. The number of hydrogen-bond donors (Lipinski definition) is 2. The van der Waals surface area contributed by atoms with Gasteiger partial charge in [-0.2, -0.15) is 0 Å². The predicted octanol–water partition coefficient (Wildman–Crippen LogP) is 1.12. The molecule has 6 heteroatoms. The first-order valence-corrected chi connectivity index (χ1v) is 6.74. The van der Waals surface area contributed by atoms with Gasteiger partial charge in [0.15, 0.2) is 0 Å². The second kappa shape index (κ2) is 5.57. The molecule has 1 aromatic carbocycles. The topological polar surface area (TPSA) is 66.4 Å². The summed E-state index contributed by atoms with van der Waals surface area (Å²) in [7, 11) is -3.76. The van der Waals surface area contributed by atoms with E-state index in [0.29, 0.717) is 0 Å². The standard InChI is InChI=1S/C11H16FNO3S/c1-8(2)11(14)7-13-17(15,16)10-5-3-4-9(12)6-10/h3-6,8,11,13-14H,7H2,1-2H3. The van der Waals surface area contributed by atoms with E-state index in [1.807, 2.05) is 0 Å². The molecule has 0 aliphatic carbocycles. The van der Waals surface area contributed by atoms with Crippen molar-refractivity contribution >= 4 is 10.0 Å². The number of sulfonamides is 1. The molecule has 0 saturated carbocycles. The van der Waals surface area contributed by atoms with Crippen LogP contribution in [0.4, 0.5) is 4.39 Å². The first kappa shape index (κ1) is 14.1. The Morgan fingerprint density at radius 3 is 2.59 bits per heavy atom. The van der Waals surface area contributed by atoms with Crippen LogP contribution in [-0.4, -0.2) is 26.2 Å². The van der Waals surface area contributed by atoms with Crippen LogP contribution in [0.25, 0.3) is 0 Å². The molecular formula is C11H16FNO3S. The van der Waals surface area contributed by atoms with Crippen molar-refractivity contribution < 1.29 is 17.9 Å². The Morgan fingerprint density at radius 1 is 1.41 bits per heavy atom. The Hall–Kier alpha value is -0.980. The van der Waals surface area contributed by atoms with Gasteiger partial charge in [-0.05, 0) is 24.1 Å². The molecule has 0 aliphatic heterocycles. The summed E-state index contributed by atoms with van der Waals surface area (Å²) in [6, 6.07) is 4.72. The van der Waals surface area contributed by atoms with Crippen molar-refractivity contribution in [3.63, 3.8) is 0 Å². The fourth-order valence-corrected chi connectivity index (χ4v) is 2.23. The number of nitrogens with one attached hydrogen (secondary N) is 1. The molecule has 0 radical (unpaired) electrons. The van der Waals surface area contributed by atoms with E-state index < -0.39 is 21.9 Å². The lowest BCUT2D eigenvalue weighted by molar-refractivity contribution is 0.129. The highest BCUT2D eigenvalue weighted by atomic mass is 32.2. The van der Waals surface area contributed by atoms with Gasteiger partial charge < -0.3 is 5.11 Å². The summed E-state index contributed by atoms with van der Waals surface area (Å²) in [6.45, 7) is 3.47. The fourth-order valence-electron chi connectivity index (χ4n) is 1.15.